The van der Waals surface area contributed by atoms with Crippen LogP contribution >= 0.6 is 0 Å². The Balaban J connectivity index is 2.00. The Kier molecular flexibility index (Phi) is 10.4. The van der Waals surface area contributed by atoms with Crippen LogP contribution in [0.2, 0.25) is 0 Å². The van der Waals surface area contributed by atoms with Gasteiger partial charge in [0.15, 0.2) is 0 Å². The van der Waals surface area contributed by atoms with E-state index in [2.05, 4.69) is 10.6 Å². The summed E-state index contributed by atoms with van der Waals surface area (Å²) in [6.07, 6.45) is -0.629. The molecule has 3 aromatic carbocycles. The lowest BCUT2D eigenvalue weighted by atomic mass is 9.97. The number of nitrogens with one attached hydrogen (secondary N) is 2. The van der Waals surface area contributed by atoms with Crippen molar-refractivity contribution >= 4 is 23.6 Å². The molecule has 0 bridgehead atoms. The highest BCUT2D eigenvalue weighted by Crippen LogP contribution is 2.28. The van der Waals surface area contributed by atoms with Gasteiger partial charge in [0.25, 0.3) is 5.91 Å². The molecule has 2 atom stereocenters. The zero-order valence-electron chi connectivity index (χ0n) is 24.4. The third kappa shape index (κ3) is 8.73. The van der Waals surface area contributed by atoms with Gasteiger partial charge in [-0.15, -0.1) is 0 Å². The molecule has 0 spiro atoms. The van der Waals surface area contributed by atoms with Crippen molar-refractivity contribution in [3.8, 4) is 11.5 Å². The molecule has 0 aliphatic rings. The van der Waals surface area contributed by atoms with Gasteiger partial charge in [-0.3, -0.25) is 9.59 Å². The average Bonchev–Trinajstić information content (AvgIpc) is 2.92. The lowest BCUT2D eigenvalue weighted by Gasteiger charge is -2.34. The summed E-state index contributed by atoms with van der Waals surface area (Å²) in [6.45, 7) is 9.07. The number of phenolic OH excluding ortho intramolecular Hbond substituents is 1. The molecule has 218 valence electrons. The van der Waals surface area contributed by atoms with Gasteiger partial charge in [-0.25, -0.2) is 4.79 Å². The maximum atomic E-state index is 14.2. The Morgan fingerprint density at radius 3 is 2.15 bits per heavy atom. The number of hydrogen-bond acceptors (Lipinski definition) is 6. The average molecular weight is 562 g/mol. The first-order valence-electron chi connectivity index (χ1n) is 13.5. The van der Waals surface area contributed by atoms with Gasteiger partial charge in [-0.1, -0.05) is 36.4 Å². The predicted octanol–water partition coefficient (Wildman–Crippen LogP) is 5.37. The number of aryl methyl sites for hydroxylation is 1. The molecule has 0 saturated carbocycles. The molecule has 0 aromatic heterocycles. The number of alkyl carbamates (subject to hydrolysis) is 1. The number of carbonyl (C=O) groups is 3. The normalized spacial score (nSPS) is 12.5. The molecule has 9 heteroatoms. The first kappa shape index (κ1) is 31.0. The fourth-order valence-corrected chi connectivity index (χ4v) is 4.41. The second kappa shape index (κ2) is 13.7. The summed E-state index contributed by atoms with van der Waals surface area (Å²) in [4.78, 5) is 42.4. The van der Waals surface area contributed by atoms with Crippen molar-refractivity contribution in [1.29, 1.82) is 0 Å². The fraction of sp³-hybridized carbons (Fsp3) is 0.344. The van der Waals surface area contributed by atoms with Crippen molar-refractivity contribution in [2.24, 2.45) is 0 Å². The van der Waals surface area contributed by atoms with Crippen LogP contribution in [-0.4, -0.2) is 53.2 Å². The van der Waals surface area contributed by atoms with Crippen molar-refractivity contribution in [1.82, 2.24) is 10.2 Å². The molecule has 41 heavy (non-hydrogen) atoms. The van der Waals surface area contributed by atoms with E-state index in [1.54, 1.807) is 71.2 Å². The summed E-state index contributed by atoms with van der Waals surface area (Å²) in [7, 11) is 1.56. The molecular weight excluding hydrogens is 522 g/mol. The Hall–Kier alpha value is -4.53. The van der Waals surface area contributed by atoms with E-state index in [-0.39, 0.29) is 18.7 Å². The van der Waals surface area contributed by atoms with E-state index in [1.165, 1.54) is 17.0 Å². The van der Waals surface area contributed by atoms with Gasteiger partial charge in [-0.05, 0) is 87.7 Å². The molecular formula is C32H39N3O6. The topological polar surface area (TPSA) is 117 Å². The summed E-state index contributed by atoms with van der Waals surface area (Å²) < 4.78 is 10.7. The molecule has 0 aliphatic heterocycles. The standard InChI is InChI=1S/C32H39N3O6/c1-7-35(30(38)27(34-31(39)41-32(3,4)5)20-22-12-16-24(36)17-13-22)28(26-11-9-8-10-21(26)2)29(37)33-23-14-18-25(40-6)19-15-23/h8-19,27-28,36H,7,20H2,1-6H3,(H,33,37)(H,34,39). The van der Waals surface area contributed by atoms with Crippen molar-refractivity contribution in [3.63, 3.8) is 0 Å². The number of carbonyl (C=O) groups excluding carboxylic acids is 3. The second-order valence-corrected chi connectivity index (χ2v) is 10.7. The molecule has 3 N–H and O–H groups in total. The van der Waals surface area contributed by atoms with E-state index in [0.29, 0.717) is 22.6 Å². The molecule has 3 amide bonds. The monoisotopic (exact) mass is 561 g/mol. The first-order valence-corrected chi connectivity index (χ1v) is 13.5. The second-order valence-electron chi connectivity index (χ2n) is 10.7. The SMILES string of the molecule is CCN(C(=O)C(Cc1ccc(O)cc1)NC(=O)OC(C)(C)C)C(C(=O)Nc1ccc(OC)cc1)c1ccccc1C. The van der Waals surface area contributed by atoms with Crippen LogP contribution in [0.3, 0.4) is 0 Å². The Labute approximate surface area is 241 Å². The molecule has 3 aromatic rings. The number of benzene rings is 3. The lowest BCUT2D eigenvalue weighted by Crippen LogP contribution is -2.53. The van der Waals surface area contributed by atoms with Gasteiger partial charge in [-0.2, -0.15) is 0 Å². The van der Waals surface area contributed by atoms with E-state index < -0.39 is 35.6 Å². The Morgan fingerprint density at radius 2 is 1.59 bits per heavy atom. The van der Waals surface area contributed by atoms with Gasteiger partial charge >= 0.3 is 6.09 Å². The molecule has 0 heterocycles. The number of phenols is 1. The van der Waals surface area contributed by atoms with Crippen LogP contribution in [0.5, 0.6) is 11.5 Å². The summed E-state index contributed by atoms with van der Waals surface area (Å²) in [6, 6.07) is 18.7. The number of methoxy groups -OCH3 is 1. The van der Waals surface area contributed by atoms with Gasteiger partial charge in [0.05, 0.1) is 7.11 Å². The van der Waals surface area contributed by atoms with Crippen LogP contribution in [0.1, 0.15) is 50.4 Å². The lowest BCUT2D eigenvalue weighted by molar-refractivity contribution is -0.140. The molecule has 0 fully saturated rings. The molecule has 9 nitrogen and oxygen atoms in total. The van der Waals surface area contributed by atoms with Gasteiger partial charge in [0.1, 0.15) is 29.2 Å². The number of amides is 3. The predicted molar refractivity (Wildman–Crippen MR) is 158 cm³/mol. The van der Waals surface area contributed by atoms with Gasteiger partial charge in [0.2, 0.25) is 5.91 Å². The number of aromatic hydroxyl groups is 1. The number of nitrogens with zero attached hydrogens (tertiary/aromatic N) is 1. The Bertz CT molecular complexity index is 1330. The van der Waals surface area contributed by atoms with Crippen LogP contribution in [0, 0.1) is 6.92 Å². The minimum Gasteiger partial charge on any atom is -0.508 e. The fourth-order valence-electron chi connectivity index (χ4n) is 4.41. The van der Waals surface area contributed by atoms with Gasteiger partial charge < -0.3 is 30.1 Å². The zero-order chi connectivity index (χ0) is 30.2. The van der Waals surface area contributed by atoms with E-state index in [4.69, 9.17) is 9.47 Å². The third-order valence-electron chi connectivity index (χ3n) is 6.39. The quantitative estimate of drug-likeness (QED) is 0.306. The molecule has 0 radical (unpaired) electrons. The van der Waals surface area contributed by atoms with Crippen LogP contribution < -0.4 is 15.4 Å². The Morgan fingerprint density at radius 1 is 0.951 bits per heavy atom. The van der Waals surface area contributed by atoms with E-state index in [1.807, 2.05) is 31.2 Å². The van der Waals surface area contributed by atoms with Crippen LogP contribution in [0.25, 0.3) is 0 Å². The highest BCUT2D eigenvalue weighted by Gasteiger charge is 2.36. The summed E-state index contributed by atoms with van der Waals surface area (Å²) in [5.74, 6) is -0.124. The summed E-state index contributed by atoms with van der Waals surface area (Å²) in [5, 5.41) is 15.4. The number of hydrogen-bond donors (Lipinski definition) is 3. The zero-order valence-corrected chi connectivity index (χ0v) is 24.4. The molecule has 0 saturated heterocycles. The summed E-state index contributed by atoms with van der Waals surface area (Å²) >= 11 is 0. The number of anilines is 1. The smallest absolute Gasteiger partial charge is 0.408 e. The van der Waals surface area contributed by atoms with Crippen molar-refractivity contribution < 1.29 is 29.0 Å². The largest absolute Gasteiger partial charge is 0.508 e. The van der Waals surface area contributed by atoms with E-state index in [9.17, 15) is 19.5 Å². The van der Waals surface area contributed by atoms with Crippen molar-refractivity contribution in [2.45, 2.75) is 58.7 Å². The van der Waals surface area contributed by atoms with E-state index >= 15 is 0 Å². The number of likely N-dealkylation sites (N-methyl/N-ethyl adjacent to an activating group) is 1. The minimum atomic E-state index is -1.05. The number of ether oxygens (including phenoxy) is 2. The highest BCUT2D eigenvalue weighted by molar-refractivity contribution is 5.99. The van der Waals surface area contributed by atoms with Crippen molar-refractivity contribution in [3.05, 3.63) is 89.5 Å². The highest BCUT2D eigenvalue weighted by atomic mass is 16.6. The summed E-state index contributed by atoms with van der Waals surface area (Å²) in [5.41, 5.74) is 1.98. The van der Waals surface area contributed by atoms with Crippen LogP contribution in [0.15, 0.2) is 72.8 Å². The first-order chi connectivity index (χ1) is 19.4. The number of rotatable bonds is 10. The molecule has 3 rings (SSSR count). The maximum Gasteiger partial charge on any atom is 0.408 e. The maximum absolute atomic E-state index is 14.2. The molecule has 2 unspecified atom stereocenters. The van der Waals surface area contributed by atoms with Crippen LogP contribution in [0.4, 0.5) is 10.5 Å². The third-order valence-corrected chi connectivity index (χ3v) is 6.39. The van der Waals surface area contributed by atoms with Crippen LogP contribution in [-0.2, 0) is 20.7 Å². The van der Waals surface area contributed by atoms with Gasteiger partial charge in [0, 0.05) is 18.7 Å². The van der Waals surface area contributed by atoms with Crippen molar-refractivity contribution in [2.75, 3.05) is 19.0 Å². The minimum absolute atomic E-state index is 0.0849. The van der Waals surface area contributed by atoms with E-state index in [0.717, 1.165) is 5.56 Å². The molecule has 0 aliphatic carbocycles.